The number of hydrogen-bond acceptors (Lipinski definition) is 8. The third-order valence-electron chi connectivity index (χ3n) is 5.50. The molecule has 1 aliphatic carbocycles. The summed E-state index contributed by atoms with van der Waals surface area (Å²) in [6.45, 7) is 2.02. The van der Waals surface area contributed by atoms with Gasteiger partial charge in [0.15, 0.2) is 23.8 Å². The van der Waals surface area contributed by atoms with E-state index in [1.54, 1.807) is 0 Å². The number of amides is 1. The lowest BCUT2D eigenvalue weighted by Crippen LogP contribution is -2.45. The molecule has 2 aromatic heterocycles. The Balaban J connectivity index is 1.60. The van der Waals surface area contributed by atoms with E-state index in [9.17, 15) is 15.0 Å². The zero-order chi connectivity index (χ0) is 21.3. The maximum absolute atomic E-state index is 12.6. The van der Waals surface area contributed by atoms with Crippen LogP contribution in [0.25, 0.3) is 11.2 Å². The molecule has 0 aromatic carbocycles. The van der Waals surface area contributed by atoms with Gasteiger partial charge in [0, 0.05) is 12.5 Å². The number of rotatable bonds is 4. The molecule has 4 rings (SSSR count). The first-order valence-corrected chi connectivity index (χ1v) is 10.3. The van der Waals surface area contributed by atoms with Gasteiger partial charge in [0.05, 0.1) is 6.33 Å². The lowest BCUT2D eigenvalue weighted by Gasteiger charge is -2.18. The Hall–Kier alpha value is -2.74. The zero-order valence-electron chi connectivity index (χ0n) is 16.8. The Morgan fingerprint density at radius 1 is 1.33 bits per heavy atom. The number of fused-ring (bicyclic) bond motifs is 1. The SMILES string of the molecule is CCCC#Cc1nc(N)c2ncn([C@@H]3O[C@H](C(=O)NC4CCCC4)[C@@H](O)[C@H]3O)c2n1. The average Bonchev–Trinajstić information content (AvgIpc) is 3.43. The second-order valence-electron chi connectivity index (χ2n) is 7.73. The molecule has 0 bridgehead atoms. The van der Waals surface area contributed by atoms with E-state index in [2.05, 4.69) is 32.1 Å². The van der Waals surface area contributed by atoms with Gasteiger partial charge in [0.1, 0.15) is 17.7 Å². The second-order valence-corrected chi connectivity index (χ2v) is 7.73. The summed E-state index contributed by atoms with van der Waals surface area (Å²) < 4.78 is 7.22. The number of hydrogen-bond donors (Lipinski definition) is 4. The van der Waals surface area contributed by atoms with Gasteiger partial charge in [-0.05, 0) is 25.2 Å². The highest BCUT2D eigenvalue weighted by Crippen LogP contribution is 2.32. The number of unbranched alkanes of at least 4 members (excludes halogenated alkanes) is 1. The van der Waals surface area contributed by atoms with Crippen molar-refractivity contribution in [1.82, 2.24) is 24.8 Å². The molecular formula is C20H26N6O4. The molecule has 30 heavy (non-hydrogen) atoms. The molecule has 10 heteroatoms. The summed E-state index contributed by atoms with van der Waals surface area (Å²) in [6.07, 6.45) is 2.01. The van der Waals surface area contributed by atoms with Crippen molar-refractivity contribution in [1.29, 1.82) is 0 Å². The smallest absolute Gasteiger partial charge is 0.252 e. The molecule has 5 N–H and O–H groups in total. The van der Waals surface area contributed by atoms with E-state index in [-0.39, 0.29) is 17.7 Å². The third kappa shape index (κ3) is 3.84. The van der Waals surface area contributed by atoms with E-state index in [0.717, 1.165) is 32.1 Å². The number of nitrogens with zero attached hydrogens (tertiary/aromatic N) is 4. The van der Waals surface area contributed by atoms with Crippen molar-refractivity contribution in [2.45, 2.75) is 76.0 Å². The number of anilines is 1. The molecule has 1 aliphatic heterocycles. The zero-order valence-corrected chi connectivity index (χ0v) is 16.8. The number of aliphatic hydroxyl groups excluding tert-OH is 2. The first-order chi connectivity index (χ1) is 14.5. The van der Waals surface area contributed by atoms with Gasteiger partial charge in [0.2, 0.25) is 5.82 Å². The maximum Gasteiger partial charge on any atom is 0.252 e. The van der Waals surface area contributed by atoms with Crippen molar-refractivity contribution in [3.8, 4) is 11.8 Å². The normalized spacial score (nSPS) is 26.6. The maximum atomic E-state index is 12.6. The van der Waals surface area contributed by atoms with Gasteiger partial charge < -0.3 is 26.0 Å². The lowest BCUT2D eigenvalue weighted by molar-refractivity contribution is -0.138. The van der Waals surface area contributed by atoms with Gasteiger partial charge in [-0.2, -0.15) is 0 Å². The van der Waals surface area contributed by atoms with Crippen LogP contribution in [-0.2, 0) is 9.53 Å². The van der Waals surface area contributed by atoms with Crippen LogP contribution in [0.4, 0.5) is 5.82 Å². The van der Waals surface area contributed by atoms with Gasteiger partial charge in [-0.3, -0.25) is 9.36 Å². The van der Waals surface area contributed by atoms with Crippen molar-refractivity contribution < 1.29 is 19.7 Å². The number of nitrogen functional groups attached to an aromatic ring is 1. The van der Waals surface area contributed by atoms with E-state index < -0.39 is 30.4 Å². The Morgan fingerprint density at radius 2 is 2.10 bits per heavy atom. The van der Waals surface area contributed by atoms with Crippen LogP contribution in [0.15, 0.2) is 6.33 Å². The van der Waals surface area contributed by atoms with Crippen LogP contribution in [0.1, 0.15) is 57.5 Å². The summed E-state index contributed by atoms with van der Waals surface area (Å²) in [6, 6.07) is 0.0790. The molecule has 0 unspecified atom stereocenters. The third-order valence-corrected chi connectivity index (χ3v) is 5.50. The highest BCUT2D eigenvalue weighted by Gasteiger charge is 2.48. The van der Waals surface area contributed by atoms with Crippen molar-refractivity contribution in [2.24, 2.45) is 0 Å². The fourth-order valence-electron chi connectivity index (χ4n) is 3.91. The minimum absolute atomic E-state index is 0.0790. The fourth-order valence-corrected chi connectivity index (χ4v) is 3.91. The fraction of sp³-hybridized carbons (Fsp3) is 0.600. The predicted molar refractivity (Wildman–Crippen MR) is 108 cm³/mol. The molecule has 2 fully saturated rings. The van der Waals surface area contributed by atoms with Crippen LogP contribution in [0.2, 0.25) is 0 Å². The predicted octanol–water partition coefficient (Wildman–Crippen LogP) is 0.238. The molecule has 1 saturated carbocycles. The summed E-state index contributed by atoms with van der Waals surface area (Å²) in [7, 11) is 0. The summed E-state index contributed by atoms with van der Waals surface area (Å²) in [5.41, 5.74) is 6.64. The van der Waals surface area contributed by atoms with Crippen LogP contribution in [-0.4, -0.2) is 60.0 Å². The van der Waals surface area contributed by atoms with Crippen molar-refractivity contribution in [3.63, 3.8) is 0 Å². The molecule has 1 amide bonds. The second kappa shape index (κ2) is 8.55. The molecule has 0 radical (unpaired) electrons. The van der Waals surface area contributed by atoms with Gasteiger partial charge in [-0.25, -0.2) is 15.0 Å². The Labute approximate surface area is 173 Å². The molecule has 160 valence electrons. The quantitative estimate of drug-likeness (QED) is 0.520. The standard InChI is InChI=1S/C20H26N6O4/c1-2-3-4-9-12-24-17(21)13-18(25-12)26(10-22-13)20-15(28)14(27)16(30-20)19(29)23-11-7-5-6-8-11/h10-11,14-16,20,27-28H,2-3,5-8H2,1H3,(H,23,29)(H2,21,24,25)/t14-,15+,16-,20+/m0/s1. The molecule has 2 aliphatic rings. The number of carbonyl (C=O) groups is 1. The Bertz CT molecular complexity index is 990. The van der Waals surface area contributed by atoms with Gasteiger partial charge in [0.25, 0.3) is 5.91 Å². The Morgan fingerprint density at radius 3 is 2.83 bits per heavy atom. The summed E-state index contributed by atoms with van der Waals surface area (Å²) >= 11 is 0. The number of carbonyl (C=O) groups excluding carboxylic acids is 1. The molecule has 4 atom stereocenters. The molecule has 0 spiro atoms. The summed E-state index contributed by atoms with van der Waals surface area (Å²) in [4.78, 5) is 25.3. The highest BCUT2D eigenvalue weighted by molar-refractivity contribution is 5.83. The van der Waals surface area contributed by atoms with Crippen LogP contribution < -0.4 is 11.1 Å². The molecule has 2 aromatic rings. The summed E-state index contributed by atoms with van der Waals surface area (Å²) in [5, 5.41) is 23.9. The van der Waals surface area contributed by atoms with Crippen LogP contribution in [0.5, 0.6) is 0 Å². The molecular weight excluding hydrogens is 388 g/mol. The number of imidazole rings is 1. The number of nitrogens with one attached hydrogen (secondary N) is 1. The number of aromatic nitrogens is 4. The van der Waals surface area contributed by atoms with E-state index in [0.29, 0.717) is 17.6 Å². The number of ether oxygens (including phenoxy) is 1. The van der Waals surface area contributed by atoms with Gasteiger partial charge in [-0.1, -0.05) is 25.7 Å². The number of aliphatic hydroxyl groups is 2. The highest BCUT2D eigenvalue weighted by atomic mass is 16.6. The van der Waals surface area contributed by atoms with Crippen molar-refractivity contribution in [2.75, 3.05) is 5.73 Å². The van der Waals surface area contributed by atoms with E-state index in [4.69, 9.17) is 10.5 Å². The lowest BCUT2D eigenvalue weighted by atomic mass is 10.1. The first kappa shape index (κ1) is 20.5. The van der Waals surface area contributed by atoms with E-state index >= 15 is 0 Å². The van der Waals surface area contributed by atoms with Crippen LogP contribution >= 0.6 is 0 Å². The minimum atomic E-state index is -1.38. The van der Waals surface area contributed by atoms with Crippen LogP contribution in [0, 0.1) is 11.8 Å². The largest absolute Gasteiger partial charge is 0.387 e. The topological polar surface area (TPSA) is 148 Å². The monoisotopic (exact) mass is 414 g/mol. The van der Waals surface area contributed by atoms with Gasteiger partial charge in [-0.15, -0.1) is 0 Å². The Kier molecular flexibility index (Phi) is 5.85. The van der Waals surface area contributed by atoms with Gasteiger partial charge >= 0.3 is 0 Å². The van der Waals surface area contributed by atoms with E-state index in [1.807, 2.05) is 6.92 Å². The summed E-state index contributed by atoms with van der Waals surface area (Å²) in [5.74, 6) is 5.79. The van der Waals surface area contributed by atoms with Crippen molar-refractivity contribution in [3.05, 3.63) is 12.2 Å². The minimum Gasteiger partial charge on any atom is -0.387 e. The van der Waals surface area contributed by atoms with Crippen LogP contribution in [0.3, 0.4) is 0 Å². The number of nitrogens with two attached hydrogens (primary N) is 1. The van der Waals surface area contributed by atoms with E-state index in [1.165, 1.54) is 10.9 Å². The molecule has 1 saturated heterocycles. The van der Waals surface area contributed by atoms with Crippen molar-refractivity contribution >= 4 is 22.9 Å². The molecule has 10 nitrogen and oxygen atoms in total. The average molecular weight is 414 g/mol. The molecule has 3 heterocycles. The first-order valence-electron chi connectivity index (χ1n) is 10.3.